The highest BCUT2D eigenvalue weighted by Crippen LogP contribution is 2.26. The van der Waals surface area contributed by atoms with E-state index in [1.807, 2.05) is 0 Å². The summed E-state index contributed by atoms with van der Waals surface area (Å²) in [6.07, 6.45) is 0. The van der Waals surface area contributed by atoms with Gasteiger partial charge < -0.3 is 19.5 Å². The van der Waals surface area contributed by atoms with Crippen molar-refractivity contribution in [1.29, 1.82) is 0 Å². The van der Waals surface area contributed by atoms with Crippen molar-refractivity contribution in [2.24, 2.45) is 5.41 Å². The first kappa shape index (κ1) is 18.8. The van der Waals surface area contributed by atoms with Crippen molar-refractivity contribution in [1.82, 2.24) is 10.2 Å². The van der Waals surface area contributed by atoms with Gasteiger partial charge in [-0.05, 0) is 12.3 Å². The van der Waals surface area contributed by atoms with Gasteiger partial charge in [0.1, 0.15) is 0 Å². The predicted octanol–water partition coefficient (Wildman–Crippen LogP) is 1.37. The molecule has 5 nitrogen and oxygen atoms in total. The normalized spacial score (nSPS) is 24.4. The molecule has 1 fully saturated rings. The van der Waals surface area contributed by atoms with Gasteiger partial charge >= 0.3 is 0 Å². The Morgan fingerprint density at radius 2 is 1.67 bits per heavy atom. The summed E-state index contributed by atoms with van der Waals surface area (Å²) in [5, 5.41) is 3.58. The number of ether oxygens (including phenoxy) is 3. The molecule has 0 aromatic heterocycles. The number of methoxy groups -OCH3 is 1. The van der Waals surface area contributed by atoms with Gasteiger partial charge in [0, 0.05) is 38.8 Å². The van der Waals surface area contributed by atoms with Gasteiger partial charge in [-0.3, -0.25) is 4.90 Å². The Kier molecular flexibility index (Phi) is 8.74. The van der Waals surface area contributed by atoms with Crippen LogP contribution in [0.5, 0.6) is 0 Å². The molecule has 2 atom stereocenters. The quantitative estimate of drug-likeness (QED) is 0.652. The van der Waals surface area contributed by atoms with E-state index in [-0.39, 0.29) is 5.41 Å². The maximum absolute atomic E-state index is 5.68. The monoisotopic (exact) mass is 302 g/mol. The summed E-state index contributed by atoms with van der Waals surface area (Å²) >= 11 is 0. The molecule has 0 amide bonds. The van der Waals surface area contributed by atoms with Crippen LogP contribution in [-0.2, 0) is 14.2 Å². The lowest BCUT2D eigenvalue weighted by Crippen LogP contribution is -2.60. The molecule has 5 heteroatoms. The second-order valence-corrected chi connectivity index (χ2v) is 6.90. The Labute approximate surface area is 130 Å². The number of hydrogen-bond donors (Lipinski definition) is 1. The molecular formula is C16H34N2O3. The lowest BCUT2D eigenvalue weighted by Gasteiger charge is -2.45. The molecular weight excluding hydrogens is 268 g/mol. The minimum Gasteiger partial charge on any atom is -0.382 e. The topological polar surface area (TPSA) is 43.0 Å². The predicted molar refractivity (Wildman–Crippen MR) is 85.8 cm³/mol. The molecule has 0 radical (unpaired) electrons. The standard InChI is InChI=1S/C16H34N2O3/c1-14-13-18(15(12-17-14)16(2,3)4)6-7-20-10-11-21-9-8-19-5/h14-15,17H,6-13H2,1-5H3. The number of rotatable bonds is 9. The first-order valence-electron chi connectivity index (χ1n) is 8.07. The highest BCUT2D eigenvalue weighted by Gasteiger charge is 2.33. The fourth-order valence-electron chi connectivity index (χ4n) is 2.73. The zero-order chi connectivity index (χ0) is 15.7. The van der Waals surface area contributed by atoms with E-state index in [9.17, 15) is 0 Å². The van der Waals surface area contributed by atoms with Crippen LogP contribution in [-0.4, -0.2) is 76.8 Å². The Balaban J connectivity index is 2.18. The molecule has 1 heterocycles. The highest BCUT2D eigenvalue weighted by atomic mass is 16.5. The van der Waals surface area contributed by atoms with Gasteiger partial charge in [0.05, 0.1) is 33.0 Å². The van der Waals surface area contributed by atoms with Crippen molar-refractivity contribution in [3.05, 3.63) is 0 Å². The molecule has 0 spiro atoms. The third-order valence-corrected chi connectivity index (χ3v) is 3.94. The van der Waals surface area contributed by atoms with Gasteiger partial charge in [0.2, 0.25) is 0 Å². The van der Waals surface area contributed by atoms with Gasteiger partial charge in [-0.15, -0.1) is 0 Å². The van der Waals surface area contributed by atoms with E-state index in [0.29, 0.717) is 38.5 Å². The van der Waals surface area contributed by atoms with E-state index in [1.165, 1.54) is 0 Å². The summed E-state index contributed by atoms with van der Waals surface area (Å²) in [7, 11) is 1.68. The number of nitrogens with zero attached hydrogens (tertiary/aromatic N) is 1. The molecule has 0 bridgehead atoms. The second-order valence-electron chi connectivity index (χ2n) is 6.90. The maximum atomic E-state index is 5.68. The molecule has 1 aliphatic heterocycles. The van der Waals surface area contributed by atoms with Gasteiger partial charge in [0.15, 0.2) is 0 Å². The molecule has 0 aliphatic carbocycles. The Bertz CT molecular complexity index is 269. The largest absolute Gasteiger partial charge is 0.382 e. The number of hydrogen-bond acceptors (Lipinski definition) is 5. The third-order valence-electron chi connectivity index (χ3n) is 3.94. The Morgan fingerprint density at radius 3 is 2.29 bits per heavy atom. The summed E-state index contributed by atoms with van der Waals surface area (Å²) in [4.78, 5) is 2.56. The van der Waals surface area contributed by atoms with Crippen LogP contribution in [0.15, 0.2) is 0 Å². The van der Waals surface area contributed by atoms with Crippen molar-refractivity contribution in [2.75, 3.05) is 59.8 Å². The molecule has 0 aromatic carbocycles. The molecule has 0 aromatic rings. The zero-order valence-electron chi connectivity index (χ0n) is 14.5. The van der Waals surface area contributed by atoms with E-state index in [0.717, 1.165) is 26.2 Å². The van der Waals surface area contributed by atoms with Crippen LogP contribution >= 0.6 is 0 Å². The van der Waals surface area contributed by atoms with Crippen molar-refractivity contribution in [3.8, 4) is 0 Å². The highest BCUT2D eigenvalue weighted by molar-refractivity contribution is 4.91. The van der Waals surface area contributed by atoms with Gasteiger partial charge in [-0.2, -0.15) is 0 Å². The van der Waals surface area contributed by atoms with Crippen LogP contribution in [0.1, 0.15) is 27.7 Å². The van der Waals surface area contributed by atoms with Crippen LogP contribution in [0.2, 0.25) is 0 Å². The molecule has 1 saturated heterocycles. The van der Waals surface area contributed by atoms with Gasteiger partial charge in [-0.1, -0.05) is 20.8 Å². The van der Waals surface area contributed by atoms with E-state index in [4.69, 9.17) is 14.2 Å². The number of piperazine rings is 1. The molecule has 2 unspecified atom stereocenters. The smallest absolute Gasteiger partial charge is 0.0701 e. The van der Waals surface area contributed by atoms with Crippen molar-refractivity contribution in [2.45, 2.75) is 39.8 Å². The van der Waals surface area contributed by atoms with Crippen LogP contribution in [0.3, 0.4) is 0 Å². The van der Waals surface area contributed by atoms with Crippen molar-refractivity contribution in [3.63, 3.8) is 0 Å². The zero-order valence-corrected chi connectivity index (χ0v) is 14.5. The molecule has 1 rings (SSSR count). The van der Waals surface area contributed by atoms with Crippen molar-refractivity contribution >= 4 is 0 Å². The molecule has 21 heavy (non-hydrogen) atoms. The maximum Gasteiger partial charge on any atom is 0.0701 e. The summed E-state index contributed by atoms with van der Waals surface area (Å²) in [6, 6.07) is 1.12. The first-order chi connectivity index (χ1) is 9.95. The second kappa shape index (κ2) is 9.74. The average molecular weight is 302 g/mol. The summed E-state index contributed by atoms with van der Waals surface area (Å²) in [5.74, 6) is 0. The Morgan fingerprint density at radius 1 is 1.05 bits per heavy atom. The molecule has 1 N–H and O–H groups in total. The average Bonchev–Trinajstić information content (AvgIpc) is 2.40. The van der Waals surface area contributed by atoms with Crippen molar-refractivity contribution < 1.29 is 14.2 Å². The summed E-state index contributed by atoms with van der Waals surface area (Å²) < 4.78 is 16.0. The lowest BCUT2D eigenvalue weighted by molar-refractivity contribution is 0.00118. The van der Waals surface area contributed by atoms with Gasteiger partial charge in [0.25, 0.3) is 0 Å². The summed E-state index contributed by atoms with van der Waals surface area (Å²) in [6.45, 7) is 15.7. The lowest BCUT2D eigenvalue weighted by atomic mass is 9.84. The van der Waals surface area contributed by atoms with E-state index >= 15 is 0 Å². The number of nitrogens with one attached hydrogen (secondary N) is 1. The third kappa shape index (κ3) is 7.56. The fraction of sp³-hybridized carbons (Fsp3) is 1.00. The van der Waals surface area contributed by atoms with Crippen LogP contribution in [0.4, 0.5) is 0 Å². The SMILES string of the molecule is COCCOCCOCCN1CC(C)NCC1C(C)(C)C. The molecule has 0 saturated carbocycles. The van der Waals surface area contributed by atoms with Crippen LogP contribution in [0, 0.1) is 5.41 Å². The minimum atomic E-state index is 0.288. The first-order valence-corrected chi connectivity index (χ1v) is 8.07. The molecule has 126 valence electrons. The van der Waals surface area contributed by atoms with E-state index < -0.39 is 0 Å². The van der Waals surface area contributed by atoms with Gasteiger partial charge in [-0.25, -0.2) is 0 Å². The fourth-order valence-corrected chi connectivity index (χ4v) is 2.73. The summed E-state index contributed by atoms with van der Waals surface area (Å²) in [5.41, 5.74) is 0.288. The van der Waals surface area contributed by atoms with E-state index in [1.54, 1.807) is 7.11 Å². The van der Waals surface area contributed by atoms with E-state index in [2.05, 4.69) is 37.9 Å². The Hall–Kier alpha value is -0.200. The molecule has 1 aliphatic rings. The minimum absolute atomic E-state index is 0.288. The van der Waals surface area contributed by atoms with Crippen LogP contribution < -0.4 is 5.32 Å². The van der Waals surface area contributed by atoms with Crippen LogP contribution in [0.25, 0.3) is 0 Å².